The zero-order chi connectivity index (χ0) is 13.5. The summed E-state index contributed by atoms with van der Waals surface area (Å²) in [6.45, 7) is 6.41. The number of hydrogen-bond donors (Lipinski definition) is 2. The normalized spacial score (nSPS) is 12.2. The monoisotopic (exact) mass is 250 g/mol. The lowest BCUT2D eigenvalue weighted by atomic mass is 10.1. The molecule has 0 radical (unpaired) electrons. The van der Waals surface area contributed by atoms with Gasteiger partial charge in [-0.15, -0.1) is 0 Å². The van der Waals surface area contributed by atoms with Crippen LogP contribution in [0.4, 0.5) is 0 Å². The summed E-state index contributed by atoms with van der Waals surface area (Å²) in [6.07, 6.45) is 2.51. The highest BCUT2D eigenvalue weighted by atomic mass is 16.1. The molecule has 0 fully saturated rings. The fourth-order valence-electron chi connectivity index (χ4n) is 1.69. The molecule has 5 nitrogen and oxygen atoms in total. The molecule has 0 spiro atoms. The molecule has 0 saturated heterocycles. The van der Waals surface area contributed by atoms with Crippen LogP contribution in [-0.2, 0) is 6.42 Å². The molecular weight excluding hydrogens is 228 g/mol. The van der Waals surface area contributed by atoms with E-state index in [0.29, 0.717) is 18.5 Å². The maximum atomic E-state index is 12.0. The molecule has 0 aliphatic rings. The Hall–Kier alpha value is -1.49. The zero-order valence-electron chi connectivity index (χ0n) is 11.4. The molecule has 0 saturated carbocycles. The van der Waals surface area contributed by atoms with E-state index in [0.717, 1.165) is 24.2 Å². The van der Waals surface area contributed by atoms with Gasteiger partial charge in [-0.1, -0.05) is 6.92 Å². The van der Waals surface area contributed by atoms with E-state index in [1.54, 1.807) is 6.07 Å². The second-order valence-corrected chi connectivity index (χ2v) is 4.58. The van der Waals surface area contributed by atoms with Gasteiger partial charge in [0.25, 0.3) is 5.91 Å². The Morgan fingerprint density at radius 2 is 2.22 bits per heavy atom. The number of nitrogens with zero attached hydrogens (tertiary/aromatic N) is 2. The molecule has 3 N–H and O–H groups in total. The molecule has 1 atom stereocenters. The highest BCUT2D eigenvalue weighted by Gasteiger charge is 2.12. The lowest BCUT2D eigenvalue weighted by molar-refractivity contribution is 0.0951. The number of nitrogens with one attached hydrogen (secondary N) is 1. The van der Waals surface area contributed by atoms with Crippen LogP contribution >= 0.6 is 0 Å². The summed E-state index contributed by atoms with van der Waals surface area (Å²) >= 11 is 0. The van der Waals surface area contributed by atoms with Crippen LogP contribution in [0.3, 0.4) is 0 Å². The second-order valence-electron chi connectivity index (χ2n) is 4.58. The highest BCUT2D eigenvalue weighted by molar-refractivity contribution is 5.95. The van der Waals surface area contributed by atoms with Crippen molar-refractivity contribution in [1.29, 1.82) is 0 Å². The standard InChI is InChI=1S/C13H22N4O/c1-4-12-11(8-10(3)16-17-12)13(18)15-7-5-6-9(2)14/h8-9H,4-7,14H2,1-3H3,(H,15,18). The summed E-state index contributed by atoms with van der Waals surface area (Å²) in [4.78, 5) is 12.0. The number of aromatic nitrogens is 2. The molecular formula is C13H22N4O. The number of carbonyl (C=O) groups excluding carboxylic acids is 1. The van der Waals surface area contributed by atoms with Crippen LogP contribution in [0.5, 0.6) is 0 Å². The van der Waals surface area contributed by atoms with Crippen LogP contribution in [0, 0.1) is 6.92 Å². The first-order valence-corrected chi connectivity index (χ1v) is 6.41. The van der Waals surface area contributed by atoms with Crippen LogP contribution in [0.2, 0.25) is 0 Å². The molecule has 0 bridgehead atoms. The third-order valence-corrected chi connectivity index (χ3v) is 2.69. The molecule has 1 unspecified atom stereocenters. The third-order valence-electron chi connectivity index (χ3n) is 2.69. The molecule has 0 aliphatic carbocycles. The molecule has 1 heterocycles. The SMILES string of the molecule is CCc1nnc(C)cc1C(=O)NCCCC(C)N. The van der Waals surface area contributed by atoms with Gasteiger partial charge in [0.1, 0.15) is 0 Å². The molecule has 0 aliphatic heterocycles. The quantitative estimate of drug-likeness (QED) is 0.743. The Balaban J connectivity index is 2.58. The lowest BCUT2D eigenvalue weighted by Gasteiger charge is -2.09. The Bertz CT molecular complexity index is 404. The van der Waals surface area contributed by atoms with Crippen molar-refractivity contribution in [2.75, 3.05) is 6.54 Å². The fraction of sp³-hybridized carbons (Fsp3) is 0.615. The van der Waals surface area contributed by atoms with Crippen molar-refractivity contribution in [3.05, 3.63) is 23.0 Å². The van der Waals surface area contributed by atoms with Gasteiger partial charge >= 0.3 is 0 Å². The van der Waals surface area contributed by atoms with Gasteiger partial charge in [-0.2, -0.15) is 10.2 Å². The fourth-order valence-corrected chi connectivity index (χ4v) is 1.69. The molecule has 1 amide bonds. The van der Waals surface area contributed by atoms with E-state index in [1.807, 2.05) is 20.8 Å². The summed E-state index contributed by atoms with van der Waals surface area (Å²) in [5.74, 6) is -0.0745. The van der Waals surface area contributed by atoms with Gasteiger partial charge in [0, 0.05) is 12.6 Å². The van der Waals surface area contributed by atoms with Crippen LogP contribution in [0.1, 0.15) is 48.4 Å². The third kappa shape index (κ3) is 4.41. The smallest absolute Gasteiger partial charge is 0.253 e. The topological polar surface area (TPSA) is 80.9 Å². The first kappa shape index (κ1) is 14.6. The van der Waals surface area contributed by atoms with Gasteiger partial charge in [0.2, 0.25) is 0 Å². The average Bonchev–Trinajstić information content (AvgIpc) is 2.34. The summed E-state index contributed by atoms with van der Waals surface area (Å²) in [5.41, 5.74) is 7.78. The number of carbonyl (C=O) groups is 1. The van der Waals surface area contributed by atoms with Crippen molar-refractivity contribution < 1.29 is 4.79 Å². The van der Waals surface area contributed by atoms with E-state index >= 15 is 0 Å². The molecule has 5 heteroatoms. The Morgan fingerprint density at radius 1 is 1.50 bits per heavy atom. The minimum atomic E-state index is -0.0745. The van der Waals surface area contributed by atoms with Gasteiger partial charge in [0.15, 0.2) is 0 Å². The van der Waals surface area contributed by atoms with Gasteiger partial charge in [-0.3, -0.25) is 4.79 Å². The minimum Gasteiger partial charge on any atom is -0.352 e. The van der Waals surface area contributed by atoms with Crippen molar-refractivity contribution in [3.63, 3.8) is 0 Å². The van der Waals surface area contributed by atoms with Gasteiger partial charge in [-0.25, -0.2) is 0 Å². The minimum absolute atomic E-state index is 0.0745. The van der Waals surface area contributed by atoms with Crippen LogP contribution in [0.15, 0.2) is 6.07 Å². The van der Waals surface area contributed by atoms with Crippen molar-refractivity contribution in [2.24, 2.45) is 5.73 Å². The molecule has 100 valence electrons. The second kappa shape index (κ2) is 7.06. The van der Waals surface area contributed by atoms with Crippen molar-refractivity contribution in [1.82, 2.24) is 15.5 Å². The summed E-state index contributed by atoms with van der Waals surface area (Å²) in [6, 6.07) is 1.96. The van der Waals surface area contributed by atoms with Crippen molar-refractivity contribution in [2.45, 2.75) is 46.1 Å². The molecule has 0 aromatic carbocycles. The van der Waals surface area contributed by atoms with E-state index in [4.69, 9.17) is 5.73 Å². The predicted molar refractivity (Wildman–Crippen MR) is 71.4 cm³/mol. The highest BCUT2D eigenvalue weighted by Crippen LogP contribution is 2.07. The van der Waals surface area contributed by atoms with Crippen LogP contribution < -0.4 is 11.1 Å². The predicted octanol–water partition coefficient (Wildman–Crippen LogP) is 1.20. The first-order chi connectivity index (χ1) is 8.54. The largest absolute Gasteiger partial charge is 0.352 e. The summed E-state index contributed by atoms with van der Waals surface area (Å²) in [7, 11) is 0. The molecule has 1 rings (SSSR count). The number of aryl methyl sites for hydroxylation is 2. The summed E-state index contributed by atoms with van der Waals surface area (Å²) < 4.78 is 0. The number of rotatable bonds is 6. The lowest BCUT2D eigenvalue weighted by Crippen LogP contribution is -2.27. The number of hydrogen-bond acceptors (Lipinski definition) is 4. The maximum Gasteiger partial charge on any atom is 0.253 e. The van der Waals surface area contributed by atoms with Gasteiger partial charge in [-0.05, 0) is 39.2 Å². The van der Waals surface area contributed by atoms with E-state index in [2.05, 4.69) is 15.5 Å². The van der Waals surface area contributed by atoms with Crippen molar-refractivity contribution in [3.8, 4) is 0 Å². The van der Waals surface area contributed by atoms with E-state index < -0.39 is 0 Å². The molecule has 18 heavy (non-hydrogen) atoms. The van der Waals surface area contributed by atoms with Gasteiger partial charge < -0.3 is 11.1 Å². The molecule has 1 aromatic heterocycles. The zero-order valence-corrected chi connectivity index (χ0v) is 11.4. The number of amides is 1. The van der Waals surface area contributed by atoms with Crippen LogP contribution in [-0.4, -0.2) is 28.7 Å². The van der Waals surface area contributed by atoms with Crippen molar-refractivity contribution >= 4 is 5.91 Å². The average molecular weight is 250 g/mol. The van der Waals surface area contributed by atoms with Gasteiger partial charge in [0.05, 0.1) is 17.0 Å². The molecule has 1 aromatic rings. The Kier molecular flexibility index (Phi) is 5.71. The number of nitrogens with two attached hydrogens (primary N) is 1. The maximum absolute atomic E-state index is 12.0. The Labute approximate surface area is 108 Å². The van der Waals surface area contributed by atoms with E-state index in [-0.39, 0.29) is 11.9 Å². The van der Waals surface area contributed by atoms with E-state index in [1.165, 1.54) is 0 Å². The van der Waals surface area contributed by atoms with E-state index in [9.17, 15) is 4.79 Å². The summed E-state index contributed by atoms with van der Waals surface area (Å²) in [5, 5.41) is 10.9. The Morgan fingerprint density at radius 3 is 2.83 bits per heavy atom. The van der Waals surface area contributed by atoms with Crippen LogP contribution in [0.25, 0.3) is 0 Å². The first-order valence-electron chi connectivity index (χ1n) is 6.41.